The van der Waals surface area contributed by atoms with Crippen LogP contribution in [0.5, 0.6) is 0 Å². The summed E-state index contributed by atoms with van der Waals surface area (Å²) in [7, 11) is 3.83. The second-order valence-electron chi connectivity index (χ2n) is 17.8. The summed E-state index contributed by atoms with van der Waals surface area (Å²) < 4.78 is 41.3. The number of carbonyl (C=O) groups excluding carboxylic acids is 3. The number of pyridine rings is 1. The SMILES string of the molecule is CN1CCN(c2ccn3ncc(C(=O)Nc4cn([C@H]5CC[C@H](CN6CCC(OCCCc7cccc8c7n(C)c(=O)n8C7CCC(=O)NC7=O)CC6)CC5)nc4C(F)F)c3c2)CC1. The summed E-state index contributed by atoms with van der Waals surface area (Å²) >= 11 is 0. The summed E-state index contributed by atoms with van der Waals surface area (Å²) in [6.07, 6.45) is 9.77. The smallest absolute Gasteiger partial charge is 0.329 e. The maximum atomic E-state index is 14.3. The molecule has 7 heterocycles. The molecule has 0 radical (unpaired) electrons. The van der Waals surface area contributed by atoms with E-state index in [9.17, 15) is 28.0 Å². The predicted molar refractivity (Wildman–Crippen MR) is 233 cm³/mol. The molecule has 1 unspecified atom stereocenters. The van der Waals surface area contributed by atoms with E-state index in [0.717, 1.165) is 114 Å². The lowest BCUT2D eigenvalue weighted by Crippen LogP contribution is -2.44. The van der Waals surface area contributed by atoms with Gasteiger partial charge in [0.05, 0.1) is 46.1 Å². The van der Waals surface area contributed by atoms with E-state index in [4.69, 9.17) is 4.74 Å². The Labute approximate surface area is 364 Å². The molecule has 3 amide bonds. The van der Waals surface area contributed by atoms with E-state index in [-0.39, 0.29) is 35.9 Å². The van der Waals surface area contributed by atoms with Gasteiger partial charge in [-0.25, -0.2) is 18.1 Å². The number of aryl methyl sites for hydroxylation is 2. The van der Waals surface area contributed by atoms with Crippen LogP contribution in [0, 0.1) is 5.92 Å². The number of piperidine rings is 2. The highest BCUT2D eigenvalue weighted by molar-refractivity contribution is 6.09. The first kappa shape index (κ1) is 42.8. The van der Waals surface area contributed by atoms with Gasteiger partial charge in [0.1, 0.15) is 6.04 Å². The minimum Gasteiger partial charge on any atom is -0.378 e. The first-order chi connectivity index (χ1) is 30.5. The zero-order chi connectivity index (χ0) is 43.8. The van der Waals surface area contributed by atoms with Crippen LogP contribution >= 0.6 is 0 Å². The second kappa shape index (κ2) is 18.3. The van der Waals surface area contributed by atoms with Gasteiger partial charge in [0.25, 0.3) is 12.3 Å². The van der Waals surface area contributed by atoms with E-state index >= 15 is 0 Å². The van der Waals surface area contributed by atoms with Crippen LogP contribution in [-0.4, -0.2) is 122 Å². The monoisotopic (exact) mass is 869 g/mol. The number of para-hydroxylation sites is 1. The molecule has 4 aliphatic rings. The average molecular weight is 870 g/mol. The van der Waals surface area contributed by atoms with Gasteiger partial charge in [-0.05, 0) is 94.5 Å². The number of likely N-dealkylation sites (tertiary alicyclic amines) is 1. The van der Waals surface area contributed by atoms with E-state index in [2.05, 4.69) is 42.6 Å². The number of benzene rings is 1. The molecule has 4 fully saturated rings. The zero-order valence-corrected chi connectivity index (χ0v) is 36.1. The number of fused-ring (bicyclic) bond motifs is 2. The summed E-state index contributed by atoms with van der Waals surface area (Å²) in [5, 5.41) is 13.8. The average Bonchev–Trinajstić information content (AvgIpc) is 3.98. The van der Waals surface area contributed by atoms with Gasteiger partial charge in [-0.2, -0.15) is 10.2 Å². The number of halogens is 2. The molecule has 3 aliphatic heterocycles. The maximum absolute atomic E-state index is 14.3. The van der Waals surface area contributed by atoms with Crippen molar-refractivity contribution in [1.29, 1.82) is 0 Å². The number of amides is 3. The molecule has 16 nitrogen and oxygen atoms in total. The number of ether oxygens (including phenoxy) is 1. The van der Waals surface area contributed by atoms with Crippen LogP contribution in [-0.2, 0) is 27.8 Å². The number of hydrogen-bond donors (Lipinski definition) is 2. The molecule has 1 aliphatic carbocycles. The quantitative estimate of drug-likeness (QED) is 0.123. The molecular formula is C45H57F2N11O5. The number of hydrogen-bond acceptors (Lipinski definition) is 10. The Balaban J connectivity index is 0.729. The van der Waals surface area contributed by atoms with Crippen LogP contribution in [0.15, 0.2) is 53.7 Å². The molecular weight excluding hydrogens is 813 g/mol. The number of anilines is 2. The van der Waals surface area contributed by atoms with Gasteiger partial charge < -0.3 is 24.8 Å². The Kier molecular flexibility index (Phi) is 12.5. The highest BCUT2D eigenvalue weighted by Crippen LogP contribution is 2.36. The number of nitrogens with zero attached hydrogens (tertiary/aromatic N) is 9. The van der Waals surface area contributed by atoms with Crippen molar-refractivity contribution in [3.8, 4) is 0 Å². The van der Waals surface area contributed by atoms with E-state index in [1.807, 2.05) is 36.5 Å². The molecule has 1 atom stereocenters. The van der Waals surface area contributed by atoms with Crippen LogP contribution < -0.4 is 21.2 Å². The van der Waals surface area contributed by atoms with Crippen molar-refractivity contribution in [3.05, 3.63) is 76.2 Å². The molecule has 336 valence electrons. The van der Waals surface area contributed by atoms with Gasteiger partial charge in [-0.1, -0.05) is 12.1 Å². The number of aromatic nitrogens is 6. The van der Waals surface area contributed by atoms with Crippen molar-refractivity contribution in [2.45, 2.75) is 88.8 Å². The number of alkyl halides is 2. The number of piperazine rings is 1. The number of nitrogens with one attached hydrogen (secondary N) is 2. The van der Waals surface area contributed by atoms with Crippen LogP contribution in [0.25, 0.3) is 16.6 Å². The summed E-state index contributed by atoms with van der Waals surface area (Å²) in [4.78, 5) is 58.3. The lowest BCUT2D eigenvalue weighted by atomic mass is 9.85. The Morgan fingerprint density at radius 3 is 2.48 bits per heavy atom. The summed E-state index contributed by atoms with van der Waals surface area (Å²) in [6, 6.07) is 8.98. The molecule has 0 spiro atoms. The zero-order valence-electron chi connectivity index (χ0n) is 36.1. The van der Waals surface area contributed by atoms with Crippen LogP contribution in [0.4, 0.5) is 20.2 Å². The van der Waals surface area contributed by atoms with Crippen LogP contribution in [0.1, 0.15) is 97.9 Å². The normalized spacial score (nSPS) is 22.1. The van der Waals surface area contributed by atoms with Gasteiger partial charge in [-0.3, -0.25) is 33.5 Å². The number of imidazole rings is 1. The third-order valence-electron chi connectivity index (χ3n) is 13.7. The Bertz CT molecular complexity index is 2520. The fourth-order valence-electron chi connectivity index (χ4n) is 10.1. The largest absolute Gasteiger partial charge is 0.378 e. The number of carbonyl (C=O) groups is 3. The number of rotatable bonds is 13. The molecule has 0 bridgehead atoms. The first-order valence-electron chi connectivity index (χ1n) is 22.5. The number of likely N-dealkylation sites (N-methyl/N-ethyl adjacent to an activating group) is 1. The molecule has 2 N–H and O–H groups in total. The van der Waals surface area contributed by atoms with Crippen molar-refractivity contribution in [2.75, 3.05) is 69.7 Å². The van der Waals surface area contributed by atoms with Gasteiger partial charge in [0, 0.05) is 84.0 Å². The van der Waals surface area contributed by atoms with Crippen molar-refractivity contribution < 1.29 is 27.9 Å². The van der Waals surface area contributed by atoms with Crippen molar-refractivity contribution in [3.63, 3.8) is 0 Å². The molecule has 1 aromatic carbocycles. The summed E-state index contributed by atoms with van der Waals surface area (Å²) in [5.41, 5.74) is 3.80. The van der Waals surface area contributed by atoms with Gasteiger partial charge >= 0.3 is 5.69 Å². The minimum atomic E-state index is -2.84. The molecule has 9 rings (SSSR count). The predicted octanol–water partition coefficient (Wildman–Crippen LogP) is 4.95. The highest BCUT2D eigenvalue weighted by atomic mass is 19.3. The fraction of sp³-hybridized carbons (Fsp3) is 0.556. The van der Waals surface area contributed by atoms with Gasteiger partial charge in [0.15, 0.2) is 5.69 Å². The van der Waals surface area contributed by atoms with Crippen molar-refractivity contribution in [1.82, 2.24) is 43.6 Å². The Hall–Kier alpha value is -5.46. The molecule has 63 heavy (non-hydrogen) atoms. The minimum absolute atomic E-state index is 0.0197. The molecule has 1 saturated carbocycles. The maximum Gasteiger partial charge on any atom is 0.329 e. The van der Waals surface area contributed by atoms with Crippen molar-refractivity contribution >= 4 is 45.6 Å². The second-order valence-corrected chi connectivity index (χ2v) is 17.8. The molecule has 4 aromatic heterocycles. The molecule has 18 heteroatoms. The highest BCUT2D eigenvalue weighted by Gasteiger charge is 2.33. The molecule has 5 aromatic rings. The molecule has 3 saturated heterocycles. The van der Waals surface area contributed by atoms with Gasteiger partial charge in [-0.15, -0.1) is 0 Å². The van der Waals surface area contributed by atoms with E-state index < -0.39 is 30.0 Å². The Morgan fingerprint density at radius 1 is 0.952 bits per heavy atom. The first-order valence-corrected chi connectivity index (χ1v) is 22.5. The van der Waals surface area contributed by atoms with Gasteiger partial charge in [0.2, 0.25) is 11.8 Å². The third-order valence-corrected chi connectivity index (χ3v) is 13.7. The van der Waals surface area contributed by atoms with E-state index in [1.54, 1.807) is 27.0 Å². The fourth-order valence-corrected chi connectivity index (χ4v) is 10.1. The lowest BCUT2D eigenvalue weighted by molar-refractivity contribution is -0.135. The topological polar surface area (TPSA) is 156 Å². The summed E-state index contributed by atoms with van der Waals surface area (Å²) in [5.74, 6) is -0.735. The standard InChI is InChI=1S/C45H57F2N11O5/c1-52-20-22-55(23-21-52)32-14-19-56-38(25-32)34(26-48-56)43(60)49-35-28-57(51-40(35)42(46)47)31-10-8-29(9-11-31)27-54-17-15-33(16-18-54)63-24-4-6-30-5-3-7-36-41(30)53(2)45(62)58(36)37-12-13-39(59)50-44(37)61/h3,5,7,14,19,25-26,28-29,31,33,37,42H,4,6,8-13,15-18,20-24,27H2,1-2H3,(H,49,60)(H,50,59,61)/t29-,31-,37?. The summed E-state index contributed by atoms with van der Waals surface area (Å²) in [6.45, 7) is 7.17. The van der Waals surface area contributed by atoms with Crippen LogP contribution in [0.3, 0.4) is 0 Å². The van der Waals surface area contributed by atoms with E-state index in [0.29, 0.717) is 35.5 Å². The number of imide groups is 1. The third kappa shape index (κ3) is 9.02. The Morgan fingerprint density at radius 2 is 1.73 bits per heavy atom. The van der Waals surface area contributed by atoms with Crippen molar-refractivity contribution in [2.24, 2.45) is 13.0 Å². The van der Waals surface area contributed by atoms with Crippen LogP contribution in [0.2, 0.25) is 0 Å². The van der Waals surface area contributed by atoms with E-state index in [1.165, 1.54) is 10.8 Å². The lowest BCUT2D eigenvalue weighted by Gasteiger charge is -2.36.